The van der Waals surface area contributed by atoms with Crippen LogP contribution in [0.25, 0.3) is 0 Å². The fourth-order valence-electron chi connectivity index (χ4n) is 1.87. The van der Waals surface area contributed by atoms with Gasteiger partial charge in [0.25, 0.3) is 0 Å². The maximum absolute atomic E-state index is 12.0. The first-order valence-electron chi connectivity index (χ1n) is 6.71. The van der Waals surface area contributed by atoms with Crippen LogP contribution in [0.4, 0.5) is 5.69 Å². The number of anilines is 1. The standard InChI is InChI=1S/C17H17NO2S/c1-13-11-14(5-2-3-9-19)7-8-16(13)18-17(20)12-15-6-4-10-21-15/h4,6-8,10-11,19H,3,9,12H2,1H3,(H,18,20). The summed E-state index contributed by atoms with van der Waals surface area (Å²) in [4.78, 5) is 13.0. The molecule has 0 saturated heterocycles. The third kappa shape index (κ3) is 4.75. The molecule has 2 N–H and O–H groups in total. The average molecular weight is 299 g/mol. The van der Waals surface area contributed by atoms with Gasteiger partial charge >= 0.3 is 0 Å². The van der Waals surface area contributed by atoms with Gasteiger partial charge in [-0.25, -0.2) is 0 Å². The molecule has 0 atom stereocenters. The molecule has 0 aliphatic rings. The summed E-state index contributed by atoms with van der Waals surface area (Å²) in [6.45, 7) is 2.01. The van der Waals surface area contributed by atoms with Gasteiger partial charge in [0.05, 0.1) is 13.0 Å². The predicted molar refractivity (Wildman–Crippen MR) is 86.4 cm³/mol. The van der Waals surface area contributed by atoms with Crippen LogP contribution in [0.2, 0.25) is 0 Å². The van der Waals surface area contributed by atoms with Crippen LogP contribution in [-0.2, 0) is 11.2 Å². The van der Waals surface area contributed by atoms with Crippen molar-refractivity contribution in [1.29, 1.82) is 0 Å². The molecule has 0 aliphatic heterocycles. The summed E-state index contributed by atoms with van der Waals surface area (Å²) in [6.07, 6.45) is 0.869. The first-order chi connectivity index (χ1) is 10.2. The lowest BCUT2D eigenvalue weighted by molar-refractivity contribution is -0.115. The molecule has 0 aliphatic carbocycles. The van der Waals surface area contributed by atoms with Crippen molar-refractivity contribution < 1.29 is 9.90 Å². The monoisotopic (exact) mass is 299 g/mol. The summed E-state index contributed by atoms with van der Waals surface area (Å²) in [5.41, 5.74) is 2.67. The zero-order valence-corrected chi connectivity index (χ0v) is 12.7. The highest BCUT2D eigenvalue weighted by atomic mass is 32.1. The molecule has 0 saturated carbocycles. The highest BCUT2D eigenvalue weighted by Crippen LogP contribution is 2.17. The Balaban J connectivity index is 2.01. The number of thiophene rings is 1. The van der Waals surface area contributed by atoms with E-state index in [-0.39, 0.29) is 12.5 Å². The molecule has 1 aromatic carbocycles. The molecule has 1 amide bonds. The van der Waals surface area contributed by atoms with E-state index in [4.69, 9.17) is 5.11 Å². The van der Waals surface area contributed by atoms with Gasteiger partial charge < -0.3 is 10.4 Å². The van der Waals surface area contributed by atoms with Gasteiger partial charge in [-0.3, -0.25) is 4.79 Å². The van der Waals surface area contributed by atoms with Crippen LogP contribution in [-0.4, -0.2) is 17.6 Å². The summed E-state index contributed by atoms with van der Waals surface area (Å²) >= 11 is 1.58. The van der Waals surface area contributed by atoms with Crippen LogP contribution in [0, 0.1) is 18.8 Å². The number of carbonyl (C=O) groups is 1. The first kappa shape index (κ1) is 15.3. The number of nitrogens with one attached hydrogen (secondary N) is 1. The van der Waals surface area contributed by atoms with Crippen molar-refractivity contribution in [3.8, 4) is 11.8 Å². The van der Waals surface area contributed by atoms with Gasteiger partial charge in [-0.1, -0.05) is 17.9 Å². The number of aryl methyl sites for hydroxylation is 1. The van der Waals surface area contributed by atoms with Gasteiger partial charge in [0.1, 0.15) is 0 Å². The molecule has 2 aromatic rings. The van der Waals surface area contributed by atoms with Crippen molar-refractivity contribution in [2.24, 2.45) is 0 Å². The number of rotatable bonds is 4. The molecular weight excluding hydrogens is 282 g/mol. The number of amides is 1. The van der Waals surface area contributed by atoms with Crippen molar-refractivity contribution in [3.05, 3.63) is 51.7 Å². The van der Waals surface area contributed by atoms with Crippen LogP contribution < -0.4 is 5.32 Å². The normalized spacial score (nSPS) is 9.81. The Labute approximate surface area is 128 Å². The van der Waals surface area contributed by atoms with E-state index in [9.17, 15) is 4.79 Å². The topological polar surface area (TPSA) is 49.3 Å². The van der Waals surface area contributed by atoms with Gasteiger partial charge in [0.2, 0.25) is 5.91 Å². The minimum Gasteiger partial charge on any atom is -0.395 e. The molecule has 4 heteroatoms. The lowest BCUT2D eigenvalue weighted by Crippen LogP contribution is -2.14. The number of hydrogen-bond acceptors (Lipinski definition) is 3. The summed E-state index contributed by atoms with van der Waals surface area (Å²) in [5.74, 6) is 5.85. The molecule has 3 nitrogen and oxygen atoms in total. The van der Waals surface area contributed by atoms with Gasteiger partial charge in [-0.2, -0.15) is 0 Å². The van der Waals surface area contributed by atoms with Crippen LogP contribution in [0.3, 0.4) is 0 Å². The number of benzene rings is 1. The van der Waals surface area contributed by atoms with Crippen molar-refractivity contribution >= 4 is 22.9 Å². The molecule has 0 fully saturated rings. The summed E-state index contributed by atoms with van der Waals surface area (Å²) in [5, 5.41) is 13.6. The number of aliphatic hydroxyl groups excluding tert-OH is 1. The van der Waals surface area contributed by atoms with Crippen LogP contribution >= 0.6 is 11.3 Å². The second-order valence-electron chi connectivity index (χ2n) is 4.61. The maximum atomic E-state index is 12.0. The fraction of sp³-hybridized carbons (Fsp3) is 0.235. The Morgan fingerprint density at radius 1 is 1.38 bits per heavy atom. The maximum Gasteiger partial charge on any atom is 0.229 e. The van der Waals surface area contributed by atoms with Crippen molar-refractivity contribution in [2.45, 2.75) is 19.8 Å². The average Bonchev–Trinajstić information content (AvgIpc) is 2.95. The molecule has 0 bridgehead atoms. The van der Waals surface area contributed by atoms with Gasteiger partial charge in [0.15, 0.2) is 0 Å². The SMILES string of the molecule is Cc1cc(C#CCCO)ccc1NC(=O)Cc1cccs1. The van der Waals surface area contributed by atoms with Crippen LogP contribution in [0.15, 0.2) is 35.7 Å². The Kier molecular flexibility index (Phi) is 5.56. The molecular formula is C17H17NO2S. The molecule has 2 rings (SSSR count). The lowest BCUT2D eigenvalue weighted by atomic mass is 10.1. The minimum atomic E-state index is -0.0142. The molecule has 0 unspecified atom stereocenters. The van der Waals surface area contributed by atoms with Crippen LogP contribution in [0.5, 0.6) is 0 Å². The van der Waals surface area contributed by atoms with E-state index in [1.807, 2.05) is 42.6 Å². The van der Waals surface area contributed by atoms with Crippen molar-refractivity contribution in [3.63, 3.8) is 0 Å². The Hall–Kier alpha value is -2.09. The number of hydrogen-bond donors (Lipinski definition) is 2. The van der Waals surface area contributed by atoms with E-state index < -0.39 is 0 Å². The Bertz CT molecular complexity index is 666. The number of aliphatic hydroxyl groups is 1. The molecule has 1 heterocycles. The third-order valence-electron chi connectivity index (χ3n) is 2.88. The van der Waals surface area contributed by atoms with Gasteiger partial charge in [0, 0.05) is 22.5 Å². The lowest BCUT2D eigenvalue weighted by Gasteiger charge is -2.08. The zero-order valence-electron chi connectivity index (χ0n) is 11.8. The predicted octanol–water partition coefficient (Wildman–Crippen LogP) is 2.97. The molecule has 0 radical (unpaired) electrons. The third-order valence-corrected chi connectivity index (χ3v) is 3.76. The molecule has 108 valence electrons. The van der Waals surface area contributed by atoms with E-state index in [0.29, 0.717) is 12.8 Å². The molecule has 1 aromatic heterocycles. The summed E-state index contributed by atoms with van der Waals surface area (Å²) in [6, 6.07) is 9.57. The zero-order chi connectivity index (χ0) is 15.1. The first-order valence-corrected chi connectivity index (χ1v) is 7.59. The van der Waals surface area contributed by atoms with E-state index >= 15 is 0 Å². The van der Waals surface area contributed by atoms with Crippen molar-refractivity contribution in [2.75, 3.05) is 11.9 Å². The smallest absolute Gasteiger partial charge is 0.229 e. The molecule has 0 spiro atoms. The van der Waals surface area contributed by atoms with E-state index in [1.54, 1.807) is 11.3 Å². The quantitative estimate of drug-likeness (QED) is 0.853. The highest BCUT2D eigenvalue weighted by molar-refractivity contribution is 7.10. The van der Waals surface area contributed by atoms with Crippen LogP contribution in [0.1, 0.15) is 22.4 Å². The second kappa shape index (κ2) is 7.63. The van der Waals surface area contributed by atoms with Crippen molar-refractivity contribution in [1.82, 2.24) is 0 Å². The van der Waals surface area contributed by atoms with Gasteiger partial charge in [-0.15, -0.1) is 11.3 Å². The van der Waals surface area contributed by atoms with Gasteiger partial charge in [-0.05, 0) is 42.1 Å². The molecule has 21 heavy (non-hydrogen) atoms. The van der Waals surface area contributed by atoms with E-state index in [1.165, 1.54) is 0 Å². The summed E-state index contributed by atoms with van der Waals surface area (Å²) in [7, 11) is 0. The fourth-order valence-corrected chi connectivity index (χ4v) is 2.57. The largest absolute Gasteiger partial charge is 0.395 e. The Morgan fingerprint density at radius 3 is 2.90 bits per heavy atom. The van der Waals surface area contributed by atoms with E-state index in [0.717, 1.165) is 21.7 Å². The number of carbonyl (C=O) groups excluding carboxylic acids is 1. The highest BCUT2D eigenvalue weighted by Gasteiger charge is 2.06. The second-order valence-corrected chi connectivity index (χ2v) is 5.64. The Morgan fingerprint density at radius 2 is 2.24 bits per heavy atom. The minimum absolute atomic E-state index is 0.0142. The summed E-state index contributed by atoms with van der Waals surface area (Å²) < 4.78 is 0. The van der Waals surface area contributed by atoms with E-state index in [2.05, 4.69) is 17.2 Å².